The number of carbonyl (C=O) groups is 1. The molecule has 0 unspecified atom stereocenters. The summed E-state index contributed by atoms with van der Waals surface area (Å²) in [5.41, 5.74) is 1.82. The average molecular weight is 369 g/mol. The van der Waals surface area contributed by atoms with Crippen molar-refractivity contribution in [1.82, 2.24) is 25.1 Å². The molecule has 8 heteroatoms. The van der Waals surface area contributed by atoms with Crippen molar-refractivity contribution in [2.45, 2.75) is 11.6 Å². The Bertz CT molecular complexity index is 839. The maximum Gasteiger partial charge on any atom is 0.230 e. The third-order valence-electron chi connectivity index (χ3n) is 3.58. The molecule has 0 fully saturated rings. The van der Waals surface area contributed by atoms with Crippen molar-refractivity contribution >= 4 is 17.7 Å². The third kappa shape index (κ3) is 4.47. The molecule has 2 heterocycles. The molecule has 0 atom stereocenters. The van der Waals surface area contributed by atoms with Gasteiger partial charge in [-0.25, -0.2) is 0 Å². The van der Waals surface area contributed by atoms with Crippen molar-refractivity contribution in [3.05, 3.63) is 54.9 Å². The first-order chi connectivity index (χ1) is 12.8. The molecule has 0 spiro atoms. The second-order valence-electron chi connectivity index (χ2n) is 5.43. The number of pyridine rings is 1. The molecule has 1 aromatic carbocycles. The summed E-state index contributed by atoms with van der Waals surface area (Å²) in [6.45, 7) is 0.522. The molecule has 0 bridgehead atoms. The summed E-state index contributed by atoms with van der Waals surface area (Å²) >= 11 is 1.32. The zero-order chi connectivity index (χ0) is 18.2. The minimum atomic E-state index is -0.100. The number of para-hydroxylation sites is 1. The highest BCUT2D eigenvalue weighted by Gasteiger charge is 2.17. The normalized spacial score (nSPS) is 10.7. The zero-order valence-corrected chi connectivity index (χ0v) is 14.9. The van der Waals surface area contributed by atoms with Crippen molar-refractivity contribution in [1.29, 1.82) is 0 Å². The molecule has 3 aromatic rings. The third-order valence-corrected chi connectivity index (χ3v) is 4.50. The van der Waals surface area contributed by atoms with Crippen LogP contribution < -0.4 is 5.32 Å². The van der Waals surface area contributed by atoms with Crippen molar-refractivity contribution in [3.8, 4) is 17.1 Å². The lowest BCUT2D eigenvalue weighted by Crippen LogP contribution is -2.26. The van der Waals surface area contributed by atoms with Crippen LogP contribution in [-0.2, 0) is 4.79 Å². The Morgan fingerprint density at radius 2 is 1.88 bits per heavy atom. The van der Waals surface area contributed by atoms with E-state index in [-0.39, 0.29) is 18.3 Å². The molecular formula is C18H19N5O2S. The average Bonchev–Trinajstić information content (AvgIpc) is 3.12. The van der Waals surface area contributed by atoms with Crippen molar-refractivity contribution in [2.75, 3.05) is 18.9 Å². The van der Waals surface area contributed by atoms with Crippen LogP contribution in [0.15, 0.2) is 60.0 Å². The Labute approximate surface area is 155 Å². The van der Waals surface area contributed by atoms with Crippen molar-refractivity contribution in [3.63, 3.8) is 0 Å². The van der Waals surface area contributed by atoms with Gasteiger partial charge in [-0.15, -0.1) is 10.2 Å². The number of aliphatic hydroxyl groups excluding tert-OH is 1. The lowest BCUT2D eigenvalue weighted by molar-refractivity contribution is -0.118. The quantitative estimate of drug-likeness (QED) is 0.465. The summed E-state index contributed by atoms with van der Waals surface area (Å²) in [7, 11) is 0. The Balaban J connectivity index is 1.84. The standard InChI is InChI=1S/C18H19N5O2S/c24-12-4-9-20-16(25)13-26-18-22-21-17(14-7-10-19-11-8-14)23(18)15-5-2-1-3-6-15/h1-3,5-8,10-11,24H,4,9,12-13H2,(H,20,25). The van der Waals surface area contributed by atoms with Crippen LogP contribution in [0.5, 0.6) is 0 Å². The molecule has 7 nitrogen and oxygen atoms in total. The van der Waals surface area contributed by atoms with E-state index in [0.717, 1.165) is 11.3 Å². The van der Waals surface area contributed by atoms with E-state index in [4.69, 9.17) is 5.11 Å². The monoisotopic (exact) mass is 369 g/mol. The molecule has 2 N–H and O–H groups in total. The van der Waals surface area contributed by atoms with Gasteiger partial charge in [-0.05, 0) is 30.7 Å². The number of carbonyl (C=O) groups excluding carboxylic acids is 1. The van der Waals surface area contributed by atoms with Crippen LogP contribution >= 0.6 is 11.8 Å². The van der Waals surface area contributed by atoms with Crippen LogP contribution in [-0.4, -0.2) is 49.7 Å². The van der Waals surface area contributed by atoms with Gasteiger partial charge < -0.3 is 10.4 Å². The minimum absolute atomic E-state index is 0.0606. The topological polar surface area (TPSA) is 92.9 Å². The van der Waals surface area contributed by atoms with Gasteiger partial charge in [0.15, 0.2) is 11.0 Å². The Morgan fingerprint density at radius 3 is 2.62 bits per heavy atom. The lowest BCUT2D eigenvalue weighted by Gasteiger charge is -2.10. The fraction of sp³-hybridized carbons (Fsp3) is 0.222. The first-order valence-corrected chi connectivity index (χ1v) is 9.19. The molecule has 2 aromatic heterocycles. The van der Waals surface area contributed by atoms with Crippen molar-refractivity contribution < 1.29 is 9.90 Å². The molecule has 26 heavy (non-hydrogen) atoms. The van der Waals surface area contributed by atoms with Gasteiger partial charge in [-0.3, -0.25) is 14.3 Å². The first-order valence-electron chi connectivity index (χ1n) is 8.21. The molecule has 0 radical (unpaired) electrons. The maximum atomic E-state index is 11.9. The zero-order valence-electron chi connectivity index (χ0n) is 14.1. The number of hydrogen-bond acceptors (Lipinski definition) is 6. The molecule has 1 amide bonds. The van der Waals surface area contributed by atoms with Crippen LogP contribution in [0, 0.1) is 0 Å². The number of benzene rings is 1. The first kappa shape index (κ1) is 18.1. The van der Waals surface area contributed by atoms with Gasteiger partial charge in [0, 0.05) is 36.8 Å². The van der Waals surface area contributed by atoms with E-state index < -0.39 is 0 Å². The van der Waals surface area contributed by atoms with Gasteiger partial charge in [0.25, 0.3) is 0 Å². The smallest absolute Gasteiger partial charge is 0.230 e. The molecule has 0 saturated heterocycles. The van der Waals surface area contributed by atoms with Gasteiger partial charge in [0.2, 0.25) is 5.91 Å². The highest BCUT2D eigenvalue weighted by molar-refractivity contribution is 7.99. The van der Waals surface area contributed by atoms with Crippen LogP contribution in [0.25, 0.3) is 17.1 Å². The predicted octanol–water partition coefficient (Wildman–Crippen LogP) is 1.92. The maximum absolute atomic E-state index is 11.9. The van der Waals surface area contributed by atoms with Gasteiger partial charge in [0.05, 0.1) is 5.75 Å². The van der Waals surface area contributed by atoms with Crippen molar-refractivity contribution in [2.24, 2.45) is 0 Å². The molecule has 0 aliphatic heterocycles. The summed E-state index contributed by atoms with van der Waals surface area (Å²) < 4.78 is 1.93. The molecule has 0 saturated carbocycles. The van der Waals surface area contributed by atoms with Crippen LogP contribution in [0.3, 0.4) is 0 Å². The number of aliphatic hydroxyl groups is 1. The summed E-state index contributed by atoms with van der Waals surface area (Å²) in [5, 5.41) is 20.8. The lowest BCUT2D eigenvalue weighted by atomic mass is 10.2. The molecular weight excluding hydrogens is 350 g/mol. The van der Waals surface area contributed by atoms with E-state index in [9.17, 15) is 4.79 Å². The largest absolute Gasteiger partial charge is 0.396 e. The van der Waals surface area contributed by atoms with Gasteiger partial charge in [-0.1, -0.05) is 30.0 Å². The number of nitrogens with zero attached hydrogens (tertiary/aromatic N) is 4. The number of aromatic nitrogens is 4. The van der Waals surface area contributed by atoms with Crippen LogP contribution in [0.4, 0.5) is 0 Å². The van der Waals surface area contributed by atoms with E-state index in [1.54, 1.807) is 12.4 Å². The van der Waals surface area contributed by atoms with Gasteiger partial charge in [-0.2, -0.15) is 0 Å². The van der Waals surface area contributed by atoms with Crippen LogP contribution in [0.2, 0.25) is 0 Å². The summed E-state index contributed by atoms with van der Waals surface area (Å²) in [4.78, 5) is 16.0. The van der Waals surface area contributed by atoms with Gasteiger partial charge >= 0.3 is 0 Å². The SMILES string of the molecule is O=C(CSc1nnc(-c2ccncc2)n1-c1ccccc1)NCCCO. The molecule has 134 valence electrons. The number of nitrogens with one attached hydrogen (secondary N) is 1. The molecule has 0 aliphatic rings. The van der Waals surface area contributed by atoms with Gasteiger partial charge in [0.1, 0.15) is 0 Å². The summed E-state index contributed by atoms with van der Waals surface area (Å²) in [6, 6.07) is 13.5. The molecule has 3 rings (SSSR count). The Morgan fingerprint density at radius 1 is 1.12 bits per heavy atom. The highest BCUT2D eigenvalue weighted by atomic mass is 32.2. The van der Waals surface area contributed by atoms with E-state index in [1.807, 2.05) is 47.0 Å². The Kier molecular flexibility index (Phi) is 6.34. The predicted molar refractivity (Wildman–Crippen MR) is 100 cm³/mol. The number of amides is 1. The number of hydrogen-bond donors (Lipinski definition) is 2. The van der Waals surface area contributed by atoms with Crippen LogP contribution in [0.1, 0.15) is 6.42 Å². The molecule has 0 aliphatic carbocycles. The Hall–Kier alpha value is -2.71. The van der Waals surface area contributed by atoms with E-state index in [2.05, 4.69) is 20.5 Å². The minimum Gasteiger partial charge on any atom is -0.396 e. The van der Waals surface area contributed by atoms with E-state index in [0.29, 0.717) is 23.9 Å². The summed E-state index contributed by atoms with van der Waals surface area (Å²) in [6.07, 6.45) is 3.96. The highest BCUT2D eigenvalue weighted by Crippen LogP contribution is 2.27. The second kappa shape index (κ2) is 9.12. The fourth-order valence-corrected chi connectivity index (χ4v) is 3.13. The summed E-state index contributed by atoms with van der Waals surface area (Å²) in [5.74, 6) is 0.825. The number of thioether (sulfide) groups is 1. The number of rotatable bonds is 8. The second-order valence-corrected chi connectivity index (χ2v) is 6.37. The van der Waals surface area contributed by atoms with E-state index in [1.165, 1.54) is 11.8 Å². The fourth-order valence-electron chi connectivity index (χ4n) is 2.35. The van der Waals surface area contributed by atoms with E-state index >= 15 is 0 Å².